The lowest BCUT2D eigenvalue weighted by Crippen LogP contribution is -2.10. The number of hydrogen-bond acceptors (Lipinski definition) is 0. The van der Waals surface area contributed by atoms with Gasteiger partial charge in [-0.15, -0.1) is 0 Å². The second-order valence-corrected chi connectivity index (χ2v) is 8.53. The Kier molecular flexibility index (Phi) is 10.3. The predicted octanol–water partition coefficient (Wildman–Crippen LogP) is 9.27. The average molecular weight is 401 g/mol. The summed E-state index contributed by atoms with van der Waals surface area (Å²) in [6.45, 7) is 21.1. The SMILES string of the molecule is C=C(C)c1cccc(-c2ccc(C(C)(C)C)cc2)c1.CC.CCc1ccc(C)cc1. The molecule has 0 amide bonds. The van der Waals surface area contributed by atoms with Crippen molar-refractivity contribution in [1.82, 2.24) is 0 Å². The van der Waals surface area contributed by atoms with Crippen molar-refractivity contribution in [1.29, 1.82) is 0 Å². The van der Waals surface area contributed by atoms with Gasteiger partial charge in [0.15, 0.2) is 0 Å². The van der Waals surface area contributed by atoms with E-state index in [0.717, 1.165) is 12.0 Å². The average Bonchev–Trinajstić information content (AvgIpc) is 2.76. The summed E-state index contributed by atoms with van der Waals surface area (Å²) in [6, 6.07) is 26.1. The molecule has 0 unspecified atom stereocenters. The van der Waals surface area contributed by atoms with Crippen molar-refractivity contribution in [2.24, 2.45) is 0 Å². The van der Waals surface area contributed by atoms with Crippen LogP contribution in [0.1, 0.15) is 70.7 Å². The molecule has 0 aliphatic heterocycles. The lowest BCUT2D eigenvalue weighted by atomic mass is 9.86. The first-order valence-corrected chi connectivity index (χ1v) is 11.1. The summed E-state index contributed by atoms with van der Waals surface area (Å²) in [6.07, 6.45) is 1.14. The zero-order valence-electron chi connectivity index (χ0n) is 20.3. The Morgan fingerprint density at radius 2 is 1.37 bits per heavy atom. The first-order valence-electron chi connectivity index (χ1n) is 11.1. The van der Waals surface area contributed by atoms with E-state index in [-0.39, 0.29) is 5.41 Å². The molecule has 0 fully saturated rings. The third-order valence-corrected chi connectivity index (χ3v) is 4.97. The van der Waals surface area contributed by atoms with Crippen molar-refractivity contribution in [3.8, 4) is 11.1 Å². The largest absolute Gasteiger partial charge is 0.0955 e. The van der Waals surface area contributed by atoms with Crippen molar-refractivity contribution in [3.63, 3.8) is 0 Å². The molecule has 0 aromatic heterocycles. The number of rotatable bonds is 3. The van der Waals surface area contributed by atoms with Gasteiger partial charge in [-0.2, -0.15) is 0 Å². The van der Waals surface area contributed by atoms with Crippen LogP contribution in [0.3, 0.4) is 0 Å². The van der Waals surface area contributed by atoms with E-state index in [0.29, 0.717) is 0 Å². The smallest absolute Gasteiger partial charge is 0.0132 e. The summed E-state index contributed by atoms with van der Waals surface area (Å²) in [7, 11) is 0. The normalized spacial score (nSPS) is 10.3. The zero-order chi connectivity index (χ0) is 22.7. The number of hydrogen-bond donors (Lipinski definition) is 0. The van der Waals surface area contributed by atoms with Crippen molar-refractivity contribution in [2.45, 2.75) is 67.2 Å². The molecular formula is C30H40. The Bertz CT molecular complexity index is 888. The fourth-order valence-corrected chi connectivity index (χ4v) is 2.95. The van der Waals surface area contributed by atoms with Crippen LogP contribution in [0.2, 0.25) is 0 Å². The summed E-state index contributed by atoms with van der Waals surface area (Å²) >= 11 is 0. The summed E-state index contributed by atoms with van der Waals surface area (Å²) in [4.78, 5) is 0. The highest BCUT2D eigenvalue weighted by molar-refractivity contribution is 5.71. The minimum Gasteiger partial charge on any atom is -0.0955 e. The number of benzene rings is 3. The highest BCUT2D eigenvalue weighted by Crippen LogP contribution is 2.27. The lowest BCUT2D eigenvalue weighted by molar-refractivity contribution is 0.590. The Morgan fingerprint density at radius 1 is 0.800 bits per heavy atom. The third-order valence-electron chi connectivity index (χ3n) is 4.97. The first-order chi connectivity index (χ1) is 14.2. The van der Waals surface area contributed by atoms with Crippen LogP contribution in [0.15, 0.2) is 79.4 Å². The molecule has 0 heteroatoms. The zero-order valence-corrected chi connectivity index (χ0v) is 20.3. The van der Waals surface area contributed by atoms with Gasteiger partial charge in [-0.3, -0.25) is 0 Å². The Morgan fingerprint density at radius 3 is 1.83 bits per heavy atom. The van der Waals surface area contributed by atoms with Gasteiger partial charge in [0.1, 0.15) is 0 Å². The van der Waals surface area contributed by atoms with Crippen LogP contribution >= 0.6 is 0 Å². The monoisotopic (exact) mass is 400 g/mol. The molecule has 0 nitrogen and oxygen atoms in total. The molecule has 0 radical (unpaired) electrons. The summed E-state index contributed by atoms with van der Waals surface area (Å²) < 4.78 is 0. The van der Waals surface area contributed by atoms with Crippen LogP contribution in [-0.4, -0.2) is 0 Å². The van der Waals surface area contributed by atoms with E-state index in [4.69, 9.17) is 0 Å². The van der Waals surface area contributed by atoms with Crippen molar-refractivity contribution in [3.05, 3.63) is 102 Å². The van der Waals surface area contributed by atoms with E-state index in [1.807, 2.05) is 20.8 Å². The molecule has 3 rings (SSSR count). The maximum absolute atomic E-state index is 4.01. The first kappa shape index (κ1) is 25.4. The van der Waals surface area contributed by atoms with Crippen LogP contribution < -0.4 is 0 Å². The van der Waals surface area contributed by atoms with Gasteiger partial charge in [0.05, 0.1) is 0 Å². The van der Waals surface area contributed by atoms with Gasteiger partial charge in [-0.25, -0.2) is 0 Å². The molecule has 0 bridgehead atoms. The minimum absolute atomic E-state index is 0.206. The second-order valence-electron chi connectivity index (χ2n) is 8.53. The molecule has 3 aromatic rings. The van der Waals surface area contributed by atoms with Gasteiger partial charge < -0.3 is 0 Å². The van der Waals surface area contributed by atoms with Crippen molar-refractivity contribution >= 4 is 5.57 Å². The number of allylic oxidation sites excluding steroid dienone is 1. The van der Waals surface area contributed by atoms with Crippen LogP contribution in [-0.2, 0) is 11.8 Å². The van der Waals surface area contributed by atoms with Crippen molar-refractivity contribution < 1.29 is 0 Å². The van der Waals surface area contributed by atoms with Gasteiger partial charge >= 0.3 is 0 Å². The summed E-state index contributed by atoms with van der Waals surface area (Å²) in [5.41, 5.74) is 9.15. The predicted molar refractivity (Wildman–Crippen MR) is 137 cm³/mol. The molecule has 160 valence electrons. The van der Waals surface area contributed by atoms with E-state index in [9.17, 15) is 0 Å². The molecule has 0 saturated heterocycles. The lowest BCUT2D eigenvalue weighted by Gasteiger charge is -2.19. The molecule has 0 heterocycles. The van der Waals surface area contributed by atoms with E-state index in [1.54, 1.807) is 0 Å². The maximum Gasteiger partial charge on any atom is -0.0132 e. The van der Waals surface area contributed by atoms with Gasteiger partial charge in [-0.1, -0.05) is 126 Å². The topological polar surface area (TPSA) is 0 Å². The van der Waals surface area contributed by atoms with Crippen LogP contribution in [0.25, 0.3) is 16.7 Å². The van der Waals surface area contributed by atoms with Crippen LogP contribution in [0.4, 0.5) is 0 Å². The van der Waals surface area contributed by atoms with Crippen LogP contribution in [0.5, 0.6) is 0 Å². The highest BCUT2D eigenvalue weighted by atomic mass is 14.2. The molecule has 3 aromatic carbocycles. The Hall–Kier alpha value is -2.60. The minimum atomic E-state index is 0.206. The molecule has 0 N–H and O–H groups in total. The molecule has 30 heavy (non-hydrogen) atoms. The fraction of sp³-hybridized carbons (Fsp3) is 0.333. The van der Waals surface area contributed by atoms with E-state index < -0.39 is 0 Å². The van der Waals surface area contributed by atoms with Gasteiger partial charge in [0.25, 0.3) is 0 Å². The standard InChI is InChI=1S/C19H22.C9H12.C2H6/c1-14(2)16-7-6-8-17(13-16)15-9-11-18(12-10-15)19(3,4)5;1-3-9-6-4-8(2)5-7-9;1-2/h6-13H,1H2,2-5H3;4-7H,3H2,1-2H3;1-2H3. The second kappa shape index (κ2) is 12.2. The molecule has 0 atom stereocenters. The van der Waals surface area contributed by atoms with Crippen LogP contribution in [0, 0.1) is 6.92 Å². The van der Waals surface area contributed by atoms with E-state index in [2.05, 4.69) is 114 Å². The molecular weight excluding hydrogens is 360 g/mol. The summed E-state index contributed by atoms with van der Waals surface area (Å²) in [5, 5.41) is 0. The fourth-order valence-electron chi connectivity index (χ4n) is 2.95. The van der Waals surface area contributed by atoms with E-state index in [1.165, 1.54) is 33.4 Å². The van der Waals surface area contributed by atoms with E-state index >= 15 is 0 Å². The quantitative estimate of drug-likeness (QED) is 0.411. The Labute approximate surface area is 185 Å². The van der Waals surface area contributed by atoms with Gasteiger partial charge in [0, 0.05) is 0 Å². The highest BCUT2D eigenvalue weighted by Gasteiger charge is 2.13. The Balaban J connectivity index is 0.000000342. The van der Waals surface area contributed by atoms with Gasteiger partial charge in [0.2, 0.25) is 0 Å². The molecule has 0 aliphatic carbocycles. The van der Waals surface area contributed by atoms with Crippen molar-refractivity contribution in [2.75, 3.05) is 0 Å². The molecule has 0 saturated carbocycles. The maximum atomic E-state index is 4.01. The molecule has 0 spiro atoms. The summed E-state index contributed by atoms with van der Waals surface area (Å²) in [5.74, 6) is 0. The molecule has 0 aliphatic rings. The van der Waals surface area contributed by atoms with Gasteiger partial charge in [-0.05, 0) is 59.6 Å². The third kappa shape index (κ3) is 8.03. The number of aryl methyl sites for hydroxylation is 2.